The minimum absolute atomic E-state index is 0. The van der Waals surface area contributed by atoms with E-state index in [2.05, 4.69) is 52.9 Å². The summed E-state index contributed by atoms with van der Waals surface area (Å²) in [6, 6.07) is 17.6. The van der Waals surface area contributed by atoms with Gasteiger partial charge in [0.1, 0.15) is 60.7 Å². The van der Waals surface area contributed by atoms with E-state index in [1.807, 2.05) is 102 Å². The molecule has 0 aliphatic carbocycles. The van der Waals surface area contributed by atoms with Gasteiger partial charge in [-0.25, -0.2) is 34.1 Å². The molecule has 5 heterocycles. The second-order valence-electron chi connectivity index (χ2n) is 19.7. The van der Waals surface area contributed by atoms with Crippen molar-refractivity contribution in [3.05, 3.63) is 69.6 Å². The van der Waals surface area contributed by atoms with Crippen LogP contribution in [0.1, 0.15) is 75.8 Å². The minimum atomic E-state index is -0.580. The molecule has 0 radical (unpaired) electrons. The van der Waals surface area contributed by atoms with E-state index in [1.54, 1.807) is 11.3 Å². The van der Waals surface area contributed by atoms with Crippen molar-refractivity contribution in [2.24, 2.45) is 21.5 Å². The summed E-state index contributed by atoms with van der Waals surface area (Å²) >= 11 is 11.2. The van der Waals surface area contributed by atoms with Gasteiger partial charge in [0.25, 0.3) is 0 Å². The van der Waals surface area contributed by atoms with Crippen molar-refractivity contribution >= 4 is 153 Å². The summed E-state index contributed by atoms with van der Waals surface area (Å²) in [4.78, 5) is 78.8. The van der Waals surface area contributed by atoms with Gasteiger partial charge in [-0.15, -0.1) is 69.9 Å². The number of methoxy groups -OCH3 is 3. The molecule has 0 bridgehead atoms. The van der Waals surface area contributed by atoms with E-state index in [0.717, 1.165) is 74.4 Å². The zero-order valence-corrected chi connectivity index (χ0v) is 54.2. The topological polar surface area (TPSA) is 322 Å². The highest BCUT2D eigenvalue weighted by molar-refractivity contribution is 8.15. The number of nitrogens with one attached hydrogen (secondary N) is 2. The van der Waals surface area contributed by atoms with Gasteiger partial charge in [-0.05, 0) is 122 Å². The number of benzene rings is 3. The van der Waals surface area contributed by atoms with Crippen molar-refractivity contribution in [3.8, 4) is 23.3 Å². The molecule has 462 valence electrons. The number of ether oxygens (including phenoxy) is 8. The van der Waals surface area contributed by atoms with Crippen molar-refractivity contribution in [1.29, 1.82) is 5.26 Å². The summed E-state index contributed by atoms with van der Waals surface area (Å²) in [5.41, 5.74) is 12.2. The summed E-state index contributed by atoms with van der Waals surface area (Å²) in [6.45, 7) is 14.1. The predicted molar refractivity (Wildman–Crippen MR) is 342 cm³/mol. The monoisotopic (exact) mass is 1310 g/mol. The fourth-order valence-corrected chi connectivity index (χ4v) is 11.9. The number of fused-ring (bicyclic) bond motifs is 3. The fraction of sp³-hybridized carbons (Fsp3) is 0.473. The summed E-state index contributed by atoms with van der Waals surface area (Å²) in [7, 11) is 4.05. The van der Waals surface area contributed by atoms with Gasteiger partial charge in [0.15, 0.2) is 17.1 Å². The van der Waals surface area contributed by atoms with Crippen molar-refractivity contribution in [3.63, 3.8) is 0 Å². The van der Waals surface area contributed by atoms with Crippen molar-refractivity contribution in [1.82, 2.24) is 25.6 Å². The molecule has 6 aromatic rings. The van der Waals surface area contributed by atoms with Gasteiger partial charge >= 0.3 is 30.1 Å². The van der Waals surface area contributed by atoms with Crippen LogP contribution in [0, 0.1) is 11.3 Å². The number of halogens is 1. The molecule has 0 spiro atoms. The quantitative estimate of drug-likeness (QED) is 0.0206. The van der Waals surface area contributed by atoms with Crippen molar-refractivity contribution in [2.75, 3.05) is 78.0 Å². The molecule has 6 N–H and O–H groups in total. The van der Waals surface area contributed by atoms with Gasteiger partial charge < -0.3 is 60.0 Å². The molecular weight excluding hydrogens is 1240 g/mol. The van der Waals surface area contributed by atoms with Crippen LogP contribution in [0.4, 0.5) is 9.59 Å². The molecule has 3 atom stereocenters. The van der Waals surface area contributed by atoms with Crippen LogP contribution < -0.4 is 36.3 Å². The maximum atomic E-state index is 11.6. The van der Waals surface area contributed by atoms with Crippen molar-refractivity contribution < 1.29 is 61.9 Å². The lowest BCUT2D eigenvalue weighted by Crippen LogP contribution is -2.33. The second-order valence-corrected chi connectivity index (χ2v) is 25.2. The van der Waals surface area contributed by atoms with E-state index in [9.17, 15) is 24.0 Å². The fourth-order valence-electron chi connectivity index (χ4n) is 6.74. The molecule has 3 aromatic carbocycles. The van der Waals surface area contributed by atoms with Crippen LogP contribution in [-0.2, 0) is 38.1 Å². The highest BCUT2D eigenvalue weighted by Gasteiger charge is 2.29. The van der Waals surface area contributed by atoms with Crippen LogP contribution in [0.3, 0.4) is 0 Å². The van der Waals surface area contributed by atoms with E-state index in [-0.39, 0.29) is 24.3 Å². The lowest BCUT2D eigenvalue weighted by atomic mass is 10.2. The number of alkyl carbamates (subject to hydrolysis) is 2. The number of carbonyl (C=O) groups excluding carboxylic acids is 5. The number of nitriles is 1. The molecule has 30 heteroatoms. The first-order valence-corrected chi connectivity index (χ1v) is 31.3. The third-order valence-corrected chi connectivity index (χ3v) is 16.4. The molecule has 2 aliphatic rings. The van der Waals surface area contributed by atoms with Gasteiger partial charge in [0.2, 0.25) is 0 Å². The number of nitrogens with two attached hydrogens (primary N) is 2. The molecule has 3 aromatic heterocycles. The number of aromatic nitrogens is 3. The van der Waals surface area contributed by atoms with E-state index in [1.165, 1.54) is 67.5 Å². The van der Waals surface area contributed by atoms with Gasteiger partial charge in [0, 0.05) is 30.3 Å². The number of thiazole rings is 3. The first-order chi connectivity index (χ1) is 40.0. The number of hydrogen-bond donors (Lipinski definition) is 5. The highest BCUT2D eigenvalue weighted by Crippen LogP contribution is 2.34. The van der Waals surface area contributed by atoms with Crippen LogP contribution in [0.5, 0.6) is 17.2 Å². The molecule has 2 aliphatic heterocycles. The third kappa shape index (κ3) is 24.2. The zero-order chi connectivity index (χ0) is 61.4. The molecule has 23 nitrogen and oxygen atoms in total. The molecule has 2 amide bonds. The minimum Gasteiger partial charge on any atom is -0.493 e. The number of aliphatic imine (C=N–C) groups is 2. The number of amides is 2. The Morgan fingerprint density at radius 2 is 1.05 bits per heavy atom. The van der Waals surface area contributed by atoms with E-state index >= 15 is 0 Å². The molecule has 0 saturated heterocycles. The van der Waals surface area contributed by atoms with Gasteiger partial charge in [-0.1, -0.05) is 0 Å². The smallest absolute Gasteiger partial charge is 0.407 e. The van der Waals surface area contributed by atoms with Crippen molar-refractivity contribution in [2.45, 2.75) is 90.1 Å². The Labute approximate surface area is 525 Å². The summed E-state index contributed by atoms with van der Waals surface area (Å²) in [6.07, 6.45) is 1.31. The lowest BCUT2D eigenvalue weighted by Gasteiger charge is -2.19. The average molecular weight is 1310 g/mol. The second kappa shape index (κ2) is 35.4. The number of nitrogens with zero attached hydrogens (tertiary/aromatic N) is 6. The predicted octanol–water partition coefficient (Wildman–Crippen LogP) is 8.98. The van der Waals surface area contributed by atoms with E-state index in [4.69, 9.17) is 49.9 Å². The normalized spacial score (nSPS) is 14.6. The number of thioether (sulfide) groups is 2. The number of thiol groups is 1. The van der Waals surface area contributed by atoms with Crippen LogP contribution in [-0.4, -0.2) is 163 Å². The van der Waals surface area contributed by atoms with Crippen LogP contribution in [0.2, 0.25) is 0 Å². The zero-order valence-electron chi connectivity index (χ0n) is 48.5. The maximum Gasteiger partial charge on any atom is 0.407 e. The number of esters is 3. The first-order valence-electron chi connectivity index (χ1n) is 26.2. The van der Waals surface area contributed by atoms with Crippen LogP contribution in [0.15, 0.2) is 64.6 Å². The average Bonchev–Trinajstić information content (AvgIpc) is 2.78. The Balaban J connectivity index is 0.000000257. The summed E-state index contributed by atoms with van der Waals surface area (Å²) in [5, 5.41) is 17.9. The van der Waals surface area contributed by atoms with E-state index in [0.29, 0.717) is 74.6 Å². The van der Waals surface area contributed by atoms with E-state index < -0.39 is 47.5 Å². The van der Waals surface area contributed by atoms with Crippen LogP contribution >= 0.6 is 82.6 Å². The Morgan fingerprint density at radius 1 is 0.647 bits per heavy atom. The summed E-state index contributed by atoms with van der Waals surface area (Å²) < 4.78 is 44.1. The Kier molecular flexibility index (Phi) is 29.7. The van der Waals surface area contributed by atoms with Crippen LogP contribution in [0.25, 0.3) is 30.6 Å². The SMILES string of the molecule is CC(C)(C)OC(=O)NCCCOc1ccc2nc(C#N)sc2c1.COC(=O)C(N)CS.COC(=O)[C@H]1CSC(c2nc3ccc(OCCCN)cc3s2)=N1.COC(=O)[C@H]1CSC(c2nc3ccc(OCCCNC(=O)OC(C)(C)C)cc3s2)=N1.Cl. The Hall–Kier alpha value is -6.23. The molecule has 8 rings (SSSR count). The molecular formula is C55H71ClN10O13S6. The molecule has 0 fully saturated rings. The first kappa shape index (κ1) is 71.3. The molecule has 0 saturated carbocycles. The largest absolute Gasteiger partial charge is 0.493 e. The van der Waals surface area contributed by atoms with Gasteiger partial charge in [0.05, 0.1) is 71.8 Å². The Morgan fingerprint density at radius 3 is 1.40 bits per heavy atom. The number of carbonyl (C=O) groups is 5. The lowest BCUT2D eigenvalue weighted by molar-refractivity contribution is -0.142. The standard InChI is InChI=1S/C20H25N3O5S2.C16H19N3O3S.C15H17N3O3S2.C4H9NO2S.ClH/c1-20(2,3)28-19(25)21-8-5-9-27-12-6-7-13-15(10-12)30-17(22-13)16-23-14(11-29-16)18(24)26-4;1-16(2,3)22-15(20)18-7-4-8-21-11-5-6-12-13(9-11)23-14(10-17)19-12;1-20-15(19)11-8-22-13(18-11)14-17-10-4-3-9(7-12(10)23-14)21-6-2-5-16;1-7-4(6)3(5)2-8;/h6-7,10,14H,5,8-9,11H2,1-4H3,(H,21,25);5-6,9H,4,7-8H2,1-3H3,(H,18,20);3-4,7,11H,2,5-6,8,16H2,1H3;3,8H,2,5H2,1H3;1H/t14-;;11-;;/m1.1../s1. The highest BCUT2D eigenvalue weighted by atomic mass is 35.5. The van der Waals surface area contributed by atoms with Gasteiger partial charge in [-0.3, -0.25) is 14.8 Å². The molecule has 85 heavy (non-hydrogen) atoms. The maximum absolute atomic E-state index is 11.6. The molecule has 1 unspecified atom stereocenters. The van der Waals surface area contributed by atoms with Gasteiger partial charge in [-0.2, -0.15) is 17.9 Å². The third-order valence-electron chi connectivity index (χ3n) is 10.6. The Bertz CT molecular complexity index is 3290. The summed E-state index contributed by atoms with van der Waals surface area (Å²) in [5.74, 6) is 2.74. The number of hydrogen-bond acceptors (Lipinski definition) is 27. The number of rotatable bonds is 20.